The molecule has 3 aromatic rings. The van der Waals surface area contributed by atoms with Crippen molar-refractivity contribution in [2.24, 2.45) is 0 Å². The van der Waals surface area contributed by atoms with Crippen LogP contribution < -0.4 is 4.90 Å². The van der Waals surface area contributed by atoms with Crippen LogP contribution in [0.15, 0.2) is 42.7 Å². The Morgan fingerprint density at radius 3 is 2.78 bits per heavy atom. The molecule has 5 nitrogen and oxygen atoms in total. The molecule has 7 heteroatoms. The zero-order valence-electron chi connectivity index (χ0n) is 14.5. The fourth-order valence-corrected chi connectivity index (χ4v) is 4.23. The topological polar surface area (TPSA) is 54.8 Å². The van der Waals surface area contributed by atoms with Gasteiger partial charge in [0.1, 0.15) is 17.3 Å². The summed E-state index contributed by atoms with van der Waals surface area (Å²) in [7, 11) is 0. The molecule has 0 N–H and O–H groups in total. The number of halogens is 2. The van der Waals surface area contributed by atoms with E-state index in [1.807, 2.05) is 29.3 Å². The lowest BCUT2D eigenvalue weighted by molar-refractivity contribution is 0.352. The summed E-state index contributed by atoms with van der Waals surface area (Å²) in [5.41, 5.74) is 2.74. The van der Waals surface area contributed by atoms with E-state index in [1.165, 1.54) is 6.07 Å². The molecule has 5 rings (SSSR count). The SMILES string of the molecule is Fc1cc(F)nc(N2C3CCC[C@@H]2Cc2nc(-c4ccccn4)ncc23)c1. The Balaban J connectivity index is 1.57. The van der Waals surface area contributed by atoms with Crippen LogP contribution in [0.4, 0.5) is 14.6 Å². The predicted molar refractivity (Wildman–Crippen MR) is 96.0 cm³/mol. The molecule has 0 radical (unpaired) electrons. The van der Waals surface area contributed by atoms with Gasteiger partial charge in [-0.1, -0.05) is 6.07 Å². The van der Waals surface area contributed by atoms with Crippen molar-refractivity contribution in [3.8, 4) is 11.5 Å². The smallest absolute Gasteiger partial charge is 0.217 e. The van der Waals surface area contributed by atoms with Crippen LogP contribution in [0.3, 0.4) is 0 Å². The van der Waals surface area contributed by atoms with Gasteiger partial charge in [0.25, 0.3) is 0 Å². The molecule has 1 fully saturated rings. The highest BCUT2D eigenvalue weighted by molar-refractivity contribution is 5.52. The second-order valence-electron chi connectivity index (χ2n) is 6.99. The monoisotopic (exact) mass is 365 g/mol. The van der Waals surface area contributed by atoms with E-state index in [4.69, 9.17) is 4.98 Å². The highest BCUT2D eigenvalue weighted by Crippen LogP contribution is 2.43. The van der Waals surface area contributed by atoms with Gasteiger partial charge in [-0.25, -0.2) is 19.3 Å². The number of hydrogen-bond donors (Lipinski definition) is 0. The molecule has 2 aliphatic heterocycles. The Bertz CT molecular complexity index is 975. The van der Waals surface area contributed by atoms with Gasteiger partial charge in [-0.3, -0.25) is 4.98 Å². The molecule has 0 aromatic carbocycles. The third-order valence-corrected chi connectivity index (χ3v) is 5.34. The lowest BCUT2D eigenvalue weighted by Gasteiger charge is -2.47. The third kappa shape index (κ3) is 2.83. The molecule has 2 bridgehead atoms. The number of aromatic nitrogens is 4. The van der Waals surface area contributed by atoms with E-state index in [0.29, 0.717) is 18.1 Å². The number of rotatable bonds is 2. The molecular weight excluding hydrogens is 348 g/mol. The standard InChI is InChI=1S/C20H17F2N5/c21-12-8-18(22)26-19(9-12)27-13-4-3-6-17(27)14-11-24-20(25-16(14)10-13)15-5-1-2-7-23-15/h1-2,5,7-9,11,13,17H,3-4,6,10H2/t13-,17?/m1/s1. The maximum absolute atomic E-state index is 13.8. The van der Waals surface area contributed by atoms with E-state index in [9.17, 15) is 8.78 Å². The maximum Gasteiger partial charge on any atom is 0.217 e. The minimum atomic E-state index is -0.796. The molecule has 0 amide bonds. The lowest BCUT2D eigenvalue weighted by Crippen LogP contribution is -2.47. The van der Waals surface area contributed by atoms with Gasteiger partial charge in [-0.05, 0) is 31.4 Å². The van der Waals surface area contributed by atoms with Crippen molar-refractivity contribution in [2.75, 3.05) is 4.90 Å². The average Bonchev–Trinajstić information content (AvgIpc) is 2.67. The van der Waals surface area contributed by atoms with Crippen molar-refractivity contribution >= 4 is 5.82 Å². The maximum atomic E-state index is 13.8. The van der Waals surface area contributed by atoms with Gasteiger partial charge in [0.05, 0.1) is 11.7 Å². The van der Waals surface area contributed by atoms with E-state index in [1.54, 1.807) is 6.20 Å². The van der Waals surface area contributed by atoms with Crippen LogP contribution in [0.1, 0.15) is 36.6 Å². The summed E-state index contributed by atoms with van der Waals surface area (Å²) >= 11 is 0. The summed E-state index contributed by atoms with van der Waals surface area (Å²) < 4.78 is 27.4. The van der Waals surface area contributed by atoms with Crippen LogP contribution in [-0.2, 0) is 6.42 Å². The van der Waals surface area contributed by atoms with Crippen molar-refractivity contribution in [3.05, 3.63) is 65.7 Å². The van der Waals surface area contributed by atoms with Gasteiger partial charge in [0, 0.05) is 42.6 Å². The highest BCUT2D eigenvalue weighted by atomic mass is 19.1. The minimum Gasteiger partial charge on any atom is -0.346 e. The number of piperidine rings is 1. The van der Waals surface area contributed by atoms with Crippen molar-refractivity contribution in [3.63, 3.8) is 0 Å². The van der Waals surface area contributed by atoms with Crippen molar-refractivity contribution < 1.29 is 8.78 Å². The number of hydrogen-bond acceptors (Lipinski definition) is 5. The second-order valence-corrected chi connectivity index (χ2v) is 6.99. The van der Waals surface area contributed by atoms with Crippen molar-refractivity contribution in [2.45, 2.75) is 37.8 Å². The Morgan fingerprint density at radius 1 is 1.04 bits per heavy atom. The van der Waals surface area contributed by atoms with E-state index in [0.717, 1.165) is 42.3 Å². The number of pyridine rings is 2. The fourth-order valence-electron chi connectivity index (χ4n) is 4.23. The van der Waals surface area contributed by atoms with Crippen LogP contribution in [0.5, 0.6) is 0 Å². The highest BCUT2D eigenvalue weighted by Gasteiger charge is 2.39. The summed E-state index contributed by atoms with van der Waals surface area (Å²) in [6, 6.07) is 7.87. The zero-order valence-corrected chi connectivity index (χ0v) is 14.5. The molecule has 1 unspecified atom stereocenters. The van der Waals surface area contributed by atoms with E-state index in [2.05, 4.69) is 15.0 Å². The normalized spacial score (nSPS) is 21.0. The molecule has 0 aliphatic carbocycles. The summed E-state index contributed by atoms with van der Waals surface area (Å²) in [5, 5.41) is 0. The summed E-state index contributed by atoms with van der Waals surface area (Å²) in [6.45, 7) is 0. The zero-order chi connectivity index (χ0) is 18.4. The van der Waals surface area contributed by atoms with Gasteiger partial charge in [-0.2, -0.15) is 4.39 Å². The molecule has 3 aromatic heterocycles. The Kier molecular flexibility index (Phi) is 3.81. The van der Waals surface area contributed by atoms with Crippen LogP contribution >= 0.6 is 0 Å². The van der Waals surface area contributed by atoms with Crippen LogP contribution in [0.25, 0.3) is 11.5 Å². The van der Waals surface area contributed by atoms with E-state index in [-0.39, 0.29) is 12.1 Å². The summed E-state index contributed by atoms with van der Waals surface area (Å²) in [5.74, 6) is -0.448. The summed E-state index contributed by atoms with van der Waals surface area (Å²) in [4.78, 5) is 19.6. The van der Waals surface area contributed by atoms with Crippen LogP contribution in [0, 0.1) is 11.8 Å². The van der Waals surface area contributed by atoms with Gasteiger partial charge in [-0.15, -0.1) is 0 Å². The van der Waals surface area contributed by atoms with Crippen molar-refractivity contribution in [1.29, 1.82) is 0 Å². The van der Waals surface area contributed by atoms with Gasteiger partial charge in [0.15, 0.2) is 5.82 Å². The second kappa shape index (κ2) is 6.33. The molecule has 136 valence electrons. The Hall–Kier alpha value is -2.96. The van der Waals surface area contributed by atoms with E-state index >= 15 is 0 Å². The van der Waals surface area contributed by atoms with E-state index < -0.39 is 11.8 Å². The largest absolute Gasteiger partial charge is 0.346 e. The Morgan fingerprint density at radius 2 is 1.96 bits per heavy atom. The first kappa shape index (κ1) is 16.2. The average molecular weight is 365 g/mol. The fraction of sp³-hybridized carbons (Fsp3) is 0.300. The van der Waals surface area contributed by atoms with Crippen molar-refractivity contribution in [1.82, 2.24) is 19.9 Å². The van der Waals surface area contributed by atoms with Gasteiger partial charge >= 0.3 is 0 Å². The molecule has 5 heterocycles. The van der Waals surface area contributed by atoms with Crippen LogP contribution in [-0.4, -0.2) is 26.0 Å². The van der Waals surface area contributed by atoms with Gasteiger partial charge < -0.3 is 4.90 Å². The molecule has 0 saturated carbocycles. The summed E-state index contributed by atoms with van der Waals surface area (Å²) in [6.07, 6.45) is 7.15. The first-order valence-electron chi connectivity index (χ1n) is 9.08. The molecule has 2 atom stereocenters. The third-order valence-electron chi connectivity index (χ3n) is 5.34. The molecule has 27 heavy (non-hydrogen) atoms. The lowest BCUT2D eigenvalue weighted by atomic mass is 9.82. The molecular formula is C20H17F2N5. The first-order chi connectivity index (χ1) is 13.2. The molecule has 0 spiro atoms. The predicted octanol–water partition coefficient (Wildman–Crippen LogP) is 3.87. The minimum absolute atomic E-state index is 0.0148. The quantitative estimate of drug-likeness (QED) is 0.646. The molecule has 1 saturated heterocycles. The Labute approximate surface area is 155 Å². The number of anilines is 1. The van der Waals surface area contributed by atoms with Crippen LogP contribution in [0.2, 0.25) is 0 Å². The van der Waals surface area contributed by atoms with Gasteiger partial charge in [0.2, 0.25) is 5.95 Å². The number of fused-ring (bicyclic) bond motifs is 4. The molecule has 2 aliphatic rings. The first-order valence-corrected chi connectivity index (χ1v) is 9.08. The number of nitrogens with zero attached hydrogens (tertiary/aromatic N) is 5.